The van der Waals surface area contributed by atoms with Crippen LogP contribution in [0.1, 0.15) is 0 Å². The van der Waals surface area contributed by atoms with E-state index in [1.54, 1.807) is 0 Å². The van der Waals surface area contributed by atoms with Crippen LogP contribution in [-0.2, 0) is 0 Å². The van der Waals surface area contributed by atoms with E-state index in [4.69, 9.17) is 29.9 Å². The summed E-state index contributed by atoms with van der Waals surface area (Å²) in [6, 6.07) is 25.0. The number of nitrogens with one attached hydrogen (secondary N) is 2. The maximum atomic E-state index is 12.4. The maximum absolute atomic E-state index is 12.4. The van der Waals surface area contributed by atoms with Crippen molar-refractivity contribution in [1.29, 1.82) is 0 Å². The van der Waals surface area contributed by atoms with Gasteiger partial charge < -0.3 is 9.97 Å². The smallest absolute Gasteiger partial charge is 0.324 e. The second-order valence-electron chi connectivity index (χ2n) is 10.6. The first-order chi connectivity index (χ1) is 22.4. The Balaban J connectivity index is 1.53. The Morgan fingerprint density at radius 2 is 0.870 bits per heavy atom. The van der Waals surface area contributed by atoms with Crippen LogP contribution >= 0.6 is 0 Å². The molecule has 7 aromatic rings. The first-order valence-electron chi connectivity index (χ1n) is 14.0. The van der Waals surface area contributed by atoms with Gasteiger partial charge in [0.1, 0.15) is 28.0 Å². The van der Waals surface area contributed by atoms with Gasteiger partial charge in [-0.1, -0.05) is 72.8 Å². The predicted octanol–water partition coefficient (Wildman–Crippen LogP) is 6.69. The third-order valence-corrected chi connectivity index (χ3v) is 8.05. The largest absolute Gasteiger partial charge is 0.357 e. The van der Waals surface area contributed by atoms with E-state index in [2.05, 4.69) is 9.97 Å². The van der Waals surface area contributed by atoms with Crippen molar-refractivity contribution < 1.29 is 9.85 Å². The topological polar surface area (TPSA) is 195 Å². The highest BCUT2D eigenvalue weighted by Crippen LogP contribution is 2.41. The molecule has 2 aliphatic heterocycles. The zero-order valence-corrected chi connectivity index (χ0v) is 23.3. The van der Waals surface area contributed by atoms with Crippen LogP contribution in [0.5, 0.6) is 0 Å². The lowest BCUT2D eigenvalue weighted by Gasteiger charge is -1.98. The molecule has 0 unspecified atom stereocenters. The average molecular weight is 605 g/mol. The van der Waals surface area contributed by atoms with Crippen molar-refractivity contribution in [3.63, 3.8) is 0 Å². The van der Waals surface area contributed by atoms with Gasteiger partial charge in [-0.3, -0.25) is 20.2 Å². The summed E-state index contributed by atoms with van der Waals surface area (Å²) in [7, 11) is 0. The molecule has 4 aromatic carbocycles. The molecule has 0 saturated heterocycles. The molecule has 14 nitrogen and oxygen atoms in total. The van der Waals surface area contributed by atoms with Gasteiger partial charge in [0.15, 0.2) is 23.3 Å². The van der Waals surface area contributed by atoms with Crippen molar-refractivity contribution in [2.24, 2.45) is 0 Å². The van der Waals surface area contributed by atoms with Crippen molar-refractivity contribution in [2.75, 3.05) is 0 Å². The first kappa shape index (κ1) is 25.5. The molecule has 2 aliphatic rings. The standard InChI is InChI=1S/C32H16N10O4/c43-41(44)22-14-13-21-23(24(22)42(45)46)32-39-30-20-12-6-5-11-19(20)28(37-30)35-26-16-8-2-1-7-15(16)25(33-26)34-27-17-9-3-4-10-18(17)29(36-27)38-31(21)40-32/h1-14H,(H2,33,34,35,36,37,38,39,40). The molecule has 2 N–H and O–H groups in total. The molecule has 0 radical (unpaired) electrons. The minimum Gasteiger partial charge on any atom is -0.324 e. The van der Waals surface area contributed by atoms with Gasteiger partial charge in [-0.15, -0.1) is 0 Å². The van der Waals surface area contributed by atoms with Crippen LogP contribution in [0.3, 0.4) is 0 Å². The van der Waals surface area contributed by atoms with E-state index >= 15 is 0 Å². The molecule has 14 heteroatoms. The van der Waals surface area contributed by atoms with E-state index < -0.39 is 21.2 Å². The van der Waals surface area contributed by atoms with Crippen molar-refractivity contribution in [1.82, 2.24) is 39.9 Å². The number of aromatic amines is 2. The third kappa shape index (κ3) is 3.64. The summed E-state index contributed by atoms with van der Waals surface area (Å²) in [5.74, 6) is 1.29. The quantitative estimate of drug-likeness (QED) is 0.158. The Bertz CT molecular complexity index is 2670. The number of benzene rings is 4. The molecule has 3 aromatic heterocycles. The monoisotopic (exact) mass is 604 g/mol. The van der Waals surface area contributed by atoms with E-state index in [9.17, 15) is 20.2 Å². The number of nitro benzene ring substituents is 2. The summed E-state index contributed by atoms with van der Waals surface area (Å²) in [4.78, 5) is 58.0. The van der Waals surface area contributed by atoms with Gasteiger partial charge in [0.25, 0.3) is 0 Å². The van der Waals surface area contributed by atoms with Gasteiger partial charge in [0.2, 0.25) is 0 Å². The van der Waals surface area contributed by atoms with Gasteiger partial charge >= 0.3 is 11.4 Å². The number of nitro groups is 2. The van der Waals surface area contributed by atoms with Crippen molar-refractivity contribution in [2.45, 2.75) is 0 Å². The van der Waals surface area contributed by atoms with Crippen LogP contribution in [0.4, 0.5) is 11.4 Å². The molecule has 0 amide bonds. The third-order valence-electron chi connectivity index (χ3n) is 8.05. The van der Waals surface area contributed by atoms with Crippen LogP contribution in [0.15, 0.2) is 84.9 Å². The predicted molar refractivity (Wildman–Crippen MR) is 169 cm³/mol. The molecule has 218 valence electrons. The Morgan fingerprint density at radius 1 is 0.457 bits per heavy atom. The zero-order chi connectivity index (χ0) is 31.1. The summed E-state index contributed by atoms with van der Waals surface area (Å²) in [5, 5.41) is 26.1. The molecule has 5 heterocycles. The Labute approximate surface area is 255 Å². The fraction of sp³-hybridized carbons (Fsp3) is 0. The molecule has 8 bridgehead atoms. The lowest BCUT2D eigenvalue weighted by molar-refractivity contribution is -0.421. The Morgan fingerprint density at radius 3 is 1.33 bits per heavy atom. The summed E-state index contributed by atoms with van der Waals surface area (Å²) in [6.45, 7) is 0. The second kappa shape index (κ2) is 9.27. The van der Waals surface area contributed by atoms with E-state index in [1.807, 2.05) is 72.8 Å². The van der Waals surface area contributed by atoms with E-state index in [-0.39, 0.29) is 27.9 Å². The van der Waals surface area contributed by atoms with Crippen LogP contribution in [-0.4, -0.2) is 49.7 Å². The first-order valence-corrected chi connectivity index (χ1v) is 14.0. The van der Waals surface area contributed by atoms with Gasteiger partial charge in [-0.05, 0) is 6.07 Å². The number of nitrogens with zero attached hydrogens (tertiary/aromatic N) is 8. The van der Waals surface area contributed by atoms with Crippen molar-refractivity contribution >= 4 is 55.5 Å². The van der Waals surface area contributed by atoms with E-state index in [0.717, 1.165) is 22.4 Å². The highest BCUT2D eigenvalue weighted by atomic mass is 16.6. The lowest BCUT2D eigenvalue weighted by Crippen LogP contribution is -1.97. The van der Waals surface area contributed by atoms with Gasteiger partial charge in [0.05, 0.1) is 9.85 Å². The van der Waals surface area contributed by atoms with E-state index in [0.29, 0.717) is 45.5 Å². The van der Waals surface area contributed by atoms with Gasteiger partial charge in [-0.2, -0.15) is 0 Å². The number of H-pyrrole nitrogens is 2. The van der Waals surface area contributed by atoms with Crippen molar-refractivity contribution in [3.05, 3.63) is 105 Å². The zero-order valence-electron chi connectivity index (χ0n) is 23.3. The fourth-order valence-corrected chi connectivity index (χ4v) is 6.03. The number of aromatic nitrogens is 8. The highest BCUT2D eigenvalue weighted by Gasteiger charge is 2.31. The van der Waals surface area contributed by atoms with Crippen LogP contribution in [0, 0.1) is 20.2 Å². The molecule has 0 saturated carbocycles. The molecule has 0 fully saturated rings. The SMILES string of the molecule is O=[N+]([O-])c1ccc2c3nc4nc(nc5[nH]c(nc6nc(nc([nH]3)c2c1[N+](=O)[O-])-c1ccccc1-6)c1ccccc51)-c1ccccc1-4. The minimum atomic E-state index is -0.789. The molecular weight excluding hydrogens is 588 g/mol. The van der Waals surface area contributed by atoms with E-state index in [1.165, 1.54) is 6.07 Å². The van der Waals surface area contributed by atoms with Crippen LogP contribution in [0.2, 0.25) is 0 Å². The number of rotatable bonds is 2. The number of hydrogen-bond acceptors (Lipinski definition) is 10. The van der Waals surface area contributed by atoms with Gasteiger partial charge in [0, 0.05) is 44.5 Å². The second-order valence-corrected chi connectivity index (χ2v) is 10.6. The normalized spacial score (nSPS) is 11.8. The summed E-state index contributed by atoms with van der Waals surface area (Å²) < 4.78 is 0. The van der Waals surface area contributed by atoms with Crippen LogP contribution in [0.25, 0.3) is 89.7 Å². The number of hydrogen-bond donors (Lipinski definition) is 2. The fourth-order valence-electron chi connectivity index (χ4n) is 6.03. The number of fused-ring (bicyclic) bond motifs is 20. The summed E-state index contributed by atoms with van der Waals surface area (Å²) >= 11 is 0. The van der Waals surface area contributed by atoms with Crippen LogP contribution < -0.4 is 0 Å². The maximum Gasteiger partial charge on any atom is 0.357 e. The molecule has 0 aliphatic carbocycles. The molecule has 46 heavy (non-hydrogen) atoms. The molecular formula is C32H16N10O4. The minimum absolute atomic E-state index is 0.0144. The average Bonchev–Trinajstić information content (AvgIpc) is 3.80. The highest BCUT2D eigenvalue weighted by molar-refractivity contribution is 6.12. The Hall–Kier alpha value is -6.96. The molecule has 0 atom stereocenters. The lowest BCUT2D eigenvalue weighted by atomic mass is 10.1. The van der Waals surface area contributed by atoms with Crippen molar-refractivity contribution in [3.8, 4) is 45.6 Å². The molecule has 9 rings (SSSR count). The molecule has 0 spiro atoms. The summed E-state index contributed by atoms with van der Waals surface area (Å²) in [6.07, 6.45) is 0. The van der Waals surface area contributed by atoms with Gasteiger partial charge in [-0.25, -0.2) is 29.9 Å². The Kier molecular flexibility index (Phi) is 5.14. The summed E-state index contributed by atoms with van der Waals surface area (Å²) in [5.41, 5.74) is 2.61.